The number of Topliss-reactive ketones (excluding diaryl/α,β-unsaturated/α-hetero) is 2. The smallest absolute Gasteiger partial charge is 0.159 e. The van der Waals surface area contributed by atoms with Gasteiger partial charge < -0.3 is 42.9 Å². The van der Waals surface area contributed by atoms with Crippen molar-refractivity contribution in [3.05, 3.63) is 70.8 Å². The molecule has 4 rings (SSSR count). The van der Waals surface area contributed by atoms with E-state index in [0.717, 1.165) is 45.0 Å². The summed E-state index contributed by atoms with van der Waals surface area (Å²) in [5, 5.41) is 0. The summed E-state index contributed by atoms with van der Waals surface area (Å²) in [4.78, 5) is 23.1. The molecule has 2 aliphatic rings. The van der Waals surface area contributed by atoms with Crippen LogP contribution in [0.5, 0.6) is 0 Å². The lowest BCUT2D eigenvalue weighted by atomic mass is 9.84. The number of rotatable bonds is 9. The Kier molecular flexibility index (Phi) is 12.4. The Morgan fingerprint density at radius 3 is 1.16 bits per heavy atom. The monoisotopic (exact) mass is 648 g/mol. The number of carbonyl (C=O) groups is 2. The Bertz CT molecular complexity index is 951. The predicted octanol–water partition coefficient (Wildman–Crippen LogP) is 0.293. The summed E-state index contributed by atoms with van der Waals surface area (Å²) in [5.41, 5.74) is 4.31. The van der Waals surface area contributed by atoms with Gasteiger partial charge in [0, 0.05) is 22.3 Å². The number of benzene rings is 2. The molecule has 0 aliphatic carbocycles. The first-order chi connectivity index (χ1) is 17.1. The third kappa shape index (κ3) is 9.11. The summed E-state index contributed by atoms with van der Waals surface area (Å²) in [5.74, 6) is 2.06. The molecule has 0 radical (unpaired) electrons. The largest absolute Gasteiger partial charge is 1.00 e. The van der Waals surface area contributed by atoms with Crippen LogP contribution in [-0.2, 0) is 13.1 Å². The maximum Gasteiger partial charge on any atom is 0.159 e. The Morgan fingerprint density at radius 2 is 0.895 bits per heavy atom. The second kappa shape index (κ2) is 14.3. The zero-order chi connectivity index (χ0) is 25.8. The lowest BCUT2D eigenvalue weighted by Crippen LogP contribution is -3.00. The number of quaternary nitrogens is 2. The fourth-order valence-electron chi connectivity index (χ4n) is 6.43. The number of piperidine rings is 2. The molecule has 38 heavy (non-hydrogen) atoms. The second-order valence-electron chi connectivity index (χ2n) is 12.4. The summed E-state index contributed by atoms with van der Waals surface area (Å²) in [6, 6.07) is 16.5. The van der Waals surface area contributed by atoms with Crippen LogP contribution >= 0.6 is 0 Å². The molecule has 0 bridgehead atoms. The average Bonchev–Trinajstić information content (AvgIpc) is 2.85. The maximum absolute atomic E-state index is 11.5. The molecular formula is C32H46Br2N2O2. The SMILES string of the molecule is CC(=O)c1ccc(C[N+]2(C)CCC(CCC3CC[N+](C)(Cc4ccc(C(C)=O)cc4)CC3)CC2)cc1.[Br-].[Br-]. The summed E-state index contributed by atoms with van der Waals surface area (Å²) >= 11 is 0. The van der Waals surface area contributed by atoms with E-state index in [0.29, 0.717) is 0 Å². The topological polar surface area (TPSA) is 34.1 Å². The highest BCUT2D eigenvalue weighted by atomic mass is 79.9. The van der Waals surface area contributed by atoms with E-state index < -0.39 is 0 Å². The van der Waals surface area contributed by atoms with Crippen molar-refractivity contribution < 1.29 is 52.5 Å². The van der Waals surface area contributed by atoms with E-state index >= 15 is 0 Å². The van der Waals surface area contributed by atoms with Crippen molar-refractivity contribution in [2.45, 2.75) is 65.5 Å². The van der Waals surface area contributed by atoms with Gasteiger partial charge in [-0.25, -0.2) is 0 Å². The minimum Gasteiger partial charge on any atom is -1.00 e. The molecule has 2 aliphatic heterocycles. The van der Waals surface area contributed by atoms with Gasteiger partial charge in [0.05, 0.1) is 40.3 Å². The molecule has 0 atom stereocenters. The number of ketones is 2. The Morgan fingerprint density at radius 1 is 0.605 bits per heavy atom. The van der Waals surface area contributed by atoms with Gasteiger partial charge in [-0.1, -0.05) is 48.5 Å². The van der Waals surface area contributed by atoms with E-state index in [1.54, 1.807) is 13.8 Å². The van der Waals surface area contributed by atoms with Crippen molar-refractivity contribution in [3.8, 4) is 0 Å². The first-order valence-corrected chi connectivity index (χ1v) is 14.0. The molecule has 0 saturated carbocycles. The number of carbonyl (C=O) groups excluding carboxylic acids is 2. The highest BCUT2D eigenvalue weighted by Crippen LogP contribution is 2.33. The molecule has 2 aromatic carbocycles. The number of hydrogen-bond donors (Lipinski definition) is 0. The lowest BCUT2D eigenvalue weighted by molar-refractivity contribution is -0.928. The predicted molar refractivity (Wildman–Crippen MR) is 147 cm³/mol. The van der Waals surface area contributed by atoms with E-state index in [-0.39, 0.29) is 45.5 Å². The minimum atomic E-state index is 0. The molecule has 0 unspecified atom stereocenters. The molecule has 6 heteroatoms. The molecule has 0 spiro atoms. The molecular weight excluding hydrogens is 604 g/mol. The van der Waals surface area contributed by atoms with Crippen molar-refractivity contribution in [3.63, 3.8) is 0 Å². The maximum atomic E-state index is 11.5. The van der Waals surface area contributed by atoms with Crippen LogP contribution in [0.15, 0.2) is 48.5 Å². The molecule has 2 heterocycles. The third-order valence-corrected chi connectivity index (χ3v) is 9.14. The third-order valence-electron chi connectivity index (χ3n) is 9.14. The van der Waals surface area contributed by atoms with E-state index in [4.69, 9.17) is 0 Å². The molecule has 2 aromatic rings. The number of nitrogens with zero attached hydrogens (tertiary/aromatic N) is 2. The first-order valence-electron chi connectivity index (χ1n) is 14.0. The van der Waals surface area contributed by atoms with Gasteiger partial charge in [0.1, 0.15) is 13.1 Å². The highest BCUT2D eigenvalue weighted by Gasteiger charge is 2.33. The second-order valence-corrected chi connectivity index (χ2v) is 12.4. The van der Waals surface area contributed by atoms with Crippen LogP contribution in [0.25, 0.3) is 0 Å². The molecule has 0 N–H and O–H groups in total. The summed E-state index contributed by atoms with van der Waals surface area (Å²) < 4.78 is 2.26. The van der Waals surface area contributed by atoms with Crippen LogP contribution in [0.4, 0.5) is 0 Å². The highest BCUT2D eigenvalue weighted by molar-refractivity contribution is 5.94. The van der Waals surface area contributed by atoms with E-state index in [1.165, 1.54) is 75.8 Å². The van der Waals surface area contributed by atoms with Crippen LogP contribution in [0.3, 0.4) is 0 Å². The molecule has 210 valence electrons. The van der Waals surface area contributed by atoms with Crippen LogP contribution in [0.2, 0.25) is 0 Å². The van der Waals surface area contributed by atoms with Gasteiger partial charge >= 0.3 is 0 Å². The average molecular weight is 651 g/mol. The summed E-state index contributed by atoms with van der Waals surface area (Å²) in [6.07, 6.45) is 8.18. The Balaban J connectivity index is 0.00000253. The van der Waals surface area contributed by atoms with Gasteiger partial charge in [-0.2, -0.15) is 0 Å². The number of hydrogen-bond acceptors (Lipinski definition) is 2. The quantitative estimate of drug-likeness (QED) is 0.289. The Hall–Kier alpha value is -1.34. The first kappa shape index (κ1) is 32.9. The molecule has 0 amide bonds. The molecule has 0 aromatic heterocycles. The lowest BCUT2D eigenvalue weighted by Gasteiger charge is -2.42. The van der Waals surface area contributed by atoms with Crippen LogP contribution < -0.4 is 34.0 Å². The van der Waals surface area contributed by atoms with Gasteiger partial charge in [-0.3, -0.25) is 9.59 Å². The van der Waals surface area contributed by atoms with Crippen molar-refractivity contribution >= 4 is 11.6 Å². The van der Waals surface area contributed by atoms with Crippen molar-refractivity contribution in [1.29, 1.82) is 0 Å². The minimum absolute atomic E-state index is 0. The van der Waals surface area contributed by atoms with Crippen molar-refractivity contribution in [1.82, 2.24) is 0 Å². The normalized spacial score (nSPS) is 27.1. The zero-order valence-corrected chi connectivity index (χ0v) is 26.9. The van der Waals surface area contributed by atoms with Gasteiger partial charge in [-0.15, -0.1) is 0 Å². The van der Waals surface area contributed by atoms with E-state index in [9.17, 15) is 9.59 Å². The Labute approximate surface area is 251 Å². The van der Waals surface area contributed by atoms with Gasteiger partial charge in [0.25, 0.3) is 0 Å². The number of likely N-dealkylation sites (tertiary alicyclic amines) is 2. The summed E-state index contributed by atoms with van der Waals surface area (Å²) in [6.45, 7) is 10.5. The van der Waals surface area contributed by atoms with Crippen LogP contribution in [-0.4, -0.2) is 60.8 Å². The fraction of sp³-hybridized carbons (Fsp3) is 0.562. The fourth-order valence-corrected chi connectivity index (χ4v) is 6.43. The van der Waals surface area contributed by atoms with Crippen LogP contribution in [0.1, 0.15) is 84.2 Å². The van der Waals surface area contributed by atoms with Gasteiger partial charge in [0.2, 0.25) is 0 Å². The van der Waals surface area contributed by atoms with Crippen LogP contribution in [0, 0.1) is 11.8 Å². The van der Waals surface area contributed by atoms with Crippen molar-refractivity contribution in [2.24, 2.45) is 11.8 Å². The van der Waals surface area contributed by atoms with E-state index in [2.05, 4.69) is 38.4 Å². The molecule has 2 saturated heterocycles. The number of halogens is 2. The van der Waals surface area contributed by atoms with E-state index in [1.807, 2.05) is 24.3 Å². The molecule has 2 fully saturated rings. The van der Waals surface area contributed by atoms with Crippen molar-refractivity contribution in [2.75, 3.05) is 40.3 Å². The summed E-state index contributed by atoms with van der Waals surface area (Å²) in [7, 11) is 4.81. The van der Waals surface area contributed by atoms with Gasteiger partial charge in [0.15, 0.2) is 11.6 Å². The van der Waals surface area contributed by atoms with Gasteiger partial charge in [-0.05, 0) is 64.2 Å². The standard InChI is InChI=1S/C32H46N2O2.2BrH/c1-25(35)31-11-7-29(8-12-31)23-33(3)19-15-27(16-20-33)5-6-28-17-21-34(4,22-18-28)24-30-9-13-32(14-10-30)26(2)36;;/h7-14,27-28H,5-6,15-24H2,1-4H3;2*1H/q+2;;/p-2. The zero-order valence-electron chi connectivity index (χ0n) is 23.7. The molecule has 4 nitrogen and oxygen atoms in total.